The van der Waals surface area contributed by atoms with Crippen molar-refractivity contribution in [1.29, 1.82) is 0 Å². The molecule has 0 saturated carbocycles. The summed E-state index contributed by atoms with van der Waals surface area (Å²) in [6, 6.07) is 9.68. The maximum absolute atomic E-state index is 13.2. The molecule has 0 aromatic heterocycles. The van der Waals surface area contributed by atoms with Gasteiger partial charge in [-0.2, -0.15) is 0 Å². The first-order valence-electron chi connectivity index (χ1n) is 10.7. The molecule has 0 spiro atoms. The zero-order valence-electron chi connectivity index (χ0n) is 19.3. The average molecular weight is 493 g/mol. The Bertz CT molecular complexity index is 1130. The topological polar surface area (TPSA) is 131 Å². The molecule has 1 heterocycles. The zero-order chi connectivity index (χ0) is 24.9. The summed E-state index contributed by atoms with van der Waals surface area (Å²) < 4.78 is 37.0. The lowest BCUT2D eigenvalue weighted by Gasteiger charge is -2.31. The normalized spacial score (nSPS) is 14.9. The van der Waals surface area contributed by atoms with Gasteiger partial charge in [0.2, 0.25) is 15.9 Å². The predicted octanol–water partition coefficient (Wildman–Crippen LogP) is 2.62. The van der Waals surface area contributed by atoms with Gasteiger partial charge in [-0.1, -0.05) is 6.92 Å². The molecule has 3 rings (SSSR count). The molecule has 2 aromatic carbocycles. The van der Waals surface area contributed by atoms with Crippen molar-refractivity contribution in [2.75, 3.05) is 54.2 Å². The highest BCUT2D eigenvalue weighted by Crippen LogP contribution is 2.36. The number of nitrogens with one attached hydrogen (secondary N) is 1. The number of amides is 1. The Hall–Kier alpha value is -3.38. The molecular weight excluding hydrogens is 464 g/mol. The van der Waals surface area contributed by atoms with Crippen LogP contribution in [0.25, 0.3) is 0 Å². The molecule has 1 saturated heterocycles. The number of ether oxygens (including phenoxy) is 2. The third-order valence-corrected chi connectivity index (χ3v) is 6.62. The van der Waals surface area contributed by atoms with Gasteiger partial charge in [-0.05, 0) is 36.8 Å². The summed E-state index contributed by atoms with van der Waals surface area (Å²) in [6.45, 7) is 4.52. The molecular formula is C22H28N4O7S. The highest BCUT2D eigenvalue weighted by atomic mass is 32.2. The molecule has 11 nitrogen and oxygen atoms in total. The zero-order valence-corrected chi connectivity index (χ0v) is 20.1. The van der Waals surface area contributed by atoms with Gasteiger partial charge < -0.3 is 19.7 Å². The Kier molecular flexibility index (Phi) is 7.94. The third kappa shape index (κ3) is 5.75. The number of morpholine rings is 1. The fraction of sp³-hybridized carbons (Fsp3) is 0.409. The predicted molar refractivity (Wildman–Crippen MR) is 129 cm³/mol. The van der Waals surface area contributed by atoms with Gasteiger partial charge in [0.25, 0.3) is 5.69 Å². The van der Waals surface area contributed by atoms with Crippen LogP contribution in [0, 0.1) is 10.1 Å². The van der Waals surface area contributed by atoms with E-state index in [9.17, 15) is 23.3 Å². The van der Waals surface area contributed by atoms with Crippen LogP contribution in [-0.4, -0.2) is 65.0 Å². The molecule has 1 amide bonds. The molecule has 0 unspecified atom stereocenters. The van der Waals surface area contributed by atoms with E-state index in [1.807, 2.05) is 12.1 Å². The summed E-state index contributed by atoms with van der Waals surface area (Å²) in [5.74, 6) is -0.474. The number of hydrogen-bond acceptors (Lipinski definition) is 8. The lowest BCUT2D eigenvalue weighted by atomic mass is 10.1. The van der Waals surface area contributed by atoms with Crippen LogP contribution in [0.4, 0.5) is 22.7 Å². The second-order valence-corrected chi connectivity index (χ2v) is 9.59. The van der Waals surface area contributed by atoms with Crippen molar-refractivity contribution in [3.63, 3.8) is 0 Å². The van der Waals surface area contributed by atoms with Crippen molar-refractivity contribution < 1.29 is 27.6 Å². The summed E-state index contributed by atoms with van der Waals surface area (Å²) >= 11 is 0. The van der Waals surface area contributed by atoms with Crippen LogP contribution >= 0.6 is 0 Å². The highest BCUT2D eigenvalue weighted by Gasteiger charge is 2.34. The number of nitrogens with zero attached hydrogens (tertiary/aromatic N) is 3. The number of hydrogen-bond donors (Lipinski definition) is 1. The number of nitro benzene ring substituents is 1. The van der Waals surface area contributed by atoms with Gasteiger partial charge in [-0.15, -0.1) is 0 Å². The molecule has 1 aliphatic rings. The molecule has 34 heavy (non-hydrogen) atoms. The average Bonchev–Trinajstić information content (AvgIpc) is 2.82. The van der Waals surface area contributed by atoms with Crippen LogP contribution in [-0.2, 0) is 19.6 Å². The molecule has 1 atom stereocenters. The van der Waals surface area contributed by atoms with Gasteiger partial charge in [-0.25, -0.2) is 8.42 Å². The van der Waals surface area contributed by atoms with E-state index in [0.29, 0.717) is 18.9 Å². The molecule has 2 aromatic rings. The number of methoxy groups -OCH3 is 1. The second-order valence-electron chi connectivity index (χ2n) is 7.73. The van der Waals surface area contributed by atoms with Crippen molar-refractivity contribution in [1.82, 2.24) is 0 Å². The molecule has 1 fully saturated rings. The first-order valence-corrected chi connectivity index (χ1v) is 12.6. The van der Waals surface area contributed by atoms with Gasteiger partial charge in [0, 0.05) is 36.6 Å². The summed E-state index contributed by atoms with van der Waals surface area (Å²) in [4.78, 5) is 26.0. The summed E-state index contributed by atoms with van der Waals surface area (Å²) in [5.41, 5.74) is 1.09. The maximum atomic E-state index is 13.2. The number of non-ortho nitro benzene ring substituents is 1. The van der Waals surface area contributed by atoms with Gasteiger partial charge in [0.15, 0.2) is 0 Å². The number of carbonyl (C=O) groups is 1. The van der Waals surface area contributed by atoms with Gasteiger partial charge in [0.05, 0.1) is 31.5 Å². The molecule has 1 N–H and O–H groups in total. The fourth-order valence-electron chi connectivity index (χ4n) is 3.80. The quantitative estimate of drug-likeness (QED) is 0.417. The van der Waals surface area contributed by atoms with Crippen LogP contribution in [0.1, 0.15) is 13.3 Å². The van der Waals surface area contributed by atoms with Crippen molar-refractivity contribution in [3.05, 3.63) is 52.6 Å². The SMILES string of the molecule is CC[C@@H](C(=O)Nc1ccc(N2CCOCC2)cc1)N(c1cc([N+](=O)[O-])ccc1OC)S(C)(=O)=O. The van der Waals surface area contributed by atoms with Crippen LogP contribution < -0.4 is 19.3 Å². The Labute approximate surface area is 198 Å². The standard InChI is InChI=1S/C22H28N4O7S/c1-4-19(22(27)23-16-5-7-17(8-6-16)24-11-13-33-14-12-24)25(34(3,30)31)20-15-18(26(28)29)9-10-21(20)32-2/h5-10,15,19H,4,11-14H2,1-3H3,(H,23,27)/t19-/m0/s1. The first kappa shape index (κ1) is 25.2. The Morgan fingerprint density at radius 1 is 1.24 bits per heavy atom. The first-order chi connectivity index (χ1) is 16.2. The number of anilines is 3. The van der Waals surface area contributed by atoms with E-state index < -0.39 is 26.9 Å². The van der Waals surface area contributed by atoms with Gasteiger partial charge >= 0.3 is 0 Å². The van der Waals surface area contributed by atoms with E-state index in [2.05, 4.69) is 10.2 Å². The molecule has 0 aliphatic carbocycles. The van der Waals surface area contributed by atoms with Crippen molar-refractivity contribution in [2.45, 2.75) is 19.4 Å². The van der Waals surface area contributed by atoms with Crippen LogP contribution in [0.15, 0.2) is 42.5 Å². The van der Waals surface area contributed by atoms with Gasteiger partial charge in [-0.3, -0.25) is 19.2 Å². The Morgan fingerprint density at radius 3 is 2.41 bits per heavy atom. The second kappa shape index (κ2) is 10.7. The largest absolute Gasteiger partial charge is 0.495 e. The Morgan fingerprint density at radius 2 is 1.88 bits per heavy atom. The molecule has 184 valence electrons. The van der Waals surface area contributed by atoms with Crippen molar-refractivity contribution in [2.24, 2.45) is 0 Å². The lowest BCUT2D eigenvalue weighted by molar-refractivity contribution is -0.384. The van der Waals surface area contributed by atoms with Gasteiger partial charge in [0.1, 0.15) is 17.5 Å². The molecule has 0 bridgehead atoms. The smallest absolute Gasteiger partial charge is 0.271 e. The number of carbonyl (C=O) groups excluding carboxylic acids is 1. The summed E-state index contributed by atoms with van der Waals surface area (Å²) in [5, 5.41) is 14.0. The Balaban J connectivity index is 1.89. The van der Waals surface area contributed by atoms with Crippen LogP contribution in [0.5, 0.6) is 5.75 Å². The van der Waals surface area contributed by atoms with E-state index in [1.165, 1.54) is 19.2 Å². The minimum absolute atomic E-state index is 0.0798. The third-order valence-electron chi connectivity index (χ3n) is 5.45. The maximum Gasteiger partial charge on any atom is 0.271 e. The van der Waals surface area contributed by atoms with Crippen molar-refractivity contribution >= 4 is 38.7 Å². The van der Waals surface area contributed by atoms with E-state index in [4.69, 9.17) is 9.47 Å². The van der Waals surface area contributed by atoms with Crippen LogP contribution in [0.3, 0.4) is 0 Å². The minimum atomic E-state index is -4.01. The monoisotopic (exact) mass is 492 g/mol. The van der Waals surface area contributed by atoms with E-state index in [1.54, 1.807) is 19.1 Å². The minimum Gasteiger partial charge on any atom is -0.495 e. The summed E-state index contributed by atoms with van der Waals surface area (Å²) in [6.07, 6.45) is 1.06. The lowest BCUT2D eigenvalue weighted by Crippen LogP contribution is -2.47. The number of sulfonamides is 1. The van der Waals surface area contributed by atoms with E-state index >= 15 is 0 Å². The van der Waals surface area contributed by atoms with Crippen molar-refractivity contribution in [3.8, 4) is 5.75 Å². The molecule has 1 aliphatic heterocycles. The summed E-state index contributed by atoms with van der Waals surface area (Å²) in [7, 11) is -2.69. The highest BCUT2D eigenvalue weighted by molar-refractivity contribution is 7.92. The number of rotatable bonds is 9. The number of benzene rings is 2. The molecule has 12 heteroatoms. The fourth-order valence-corrected chi connectivity index (χ4v) is 5.01. The number of nitro groups is 1. The van der Waals surface area contributed by atoms with E-state index in [-0.39, 0.29) is 23.5 Å². The van der Waals surface area contributed by atoms with E-state index in [0.717, 1.165) is 35.4 Å². The molecule has 0 radical (unpaired) electrons. The van der Waals surface area contributed by atoms with Crippen LogP contribution in [0.2, 0.25) is 0 Å².